The van der Waals surface area contributed by atoms with Crippen molar-refractivity contribution in [2.75, 3.05) is 0 Å². The van der Waals surface area contributed by atoms with Crippen LogP contribution in [0.15, 0.2) is 36.4 Å². The molecule has 0 saturated carbocycles. The second kappa shape index (κ2) is 7.17. The number of ether oxygens (including phenoxy) is 1. The van der Waals surface area contributed by atoms with Gasteiger partial charge in [-0.25, -0.2) is 0 Å². The molecule has 0 fully saturated rings. The second-order valence-electron chi connectivity index (χ2n) is 5.25. The molecule has 2 aromatic rings. The maximum absolute atomic E-state index is 6.19. The van der Waals surface area contributed by atoms with Crippen molar-refractivity contribution >= 4 is 23.2 Å². The van der Waals surface area contributed by atoms with Crippen molar-refractivity contribution in [3.63, 3.8) is 0 Å². The van der Waals surface area contributed by atoms with Crippen LogP contribution in [0.2, 0.25) is 10.0 Å². The molecule has 112 valence electrons. The van der Waals surface area contributed by atoms with E-state index in [-0.39, 0.29) is 6.04 Å². The minimum absolute atomic E-state index is 0.0870. The van der Waals surface area contributed by atoms with Crippen LogP contribution in [0.4, 0.5) is 0 Å². The van der Waals surface area contributed by atoms with E-state index < -0.39 is 0 Å². The van der Waals surface area contributed by atoms with Crippen LogP contribution in [0, 0.1) is 6.92 Å². The van der Waals surface area contributed by atoms with E-state index in [4.69, 9.17) is 33.7 Å². The first-order valence-electron chi connectivity index (χ1n) is 6.88. The van der Waals surface area contributed by atoms with Crippen LogP contribution < -0.4 is 10.5 Å². The molecule has 2 rings (SSSR count). The minimum Gasteiger partial charge on any atom is -0.488 e. The number of para-hydroxylation sites is 1. The Hall–Kier alpha value is -1.22. The summed E-state index contributed by atoms with van der Waals surface area (Å²) in [6, 6.07) is 11.7. The highest BCUT2D eigenvalue weighted by atomic mass is 35.5. The van der Waals surface area contributed by atoms with Crippen LogP contribution in [0.25, 0.3) is 0 Å². The molecule has 4 heteroatoms. The standard InChI is InChI=1S/C17H19Cl2NO/c1-11-5-3-6-13(9-12(2)20)17(11)21-10-14-7-4-8-15(18)16(14)19/h3-8,12H,9-10,20H2,1-2H3. The SMILES string of the molecule is Cc1cccc(CC(C)N)c1OCc1cccc(Cl)c1Cl. The minimum atomic E-state index is 0.0870. The summed E-state index contributed by atoms with van der Waals surface area (Å²) in [5.74, 6) is 0.880. The third kappa shape index (κ3) is 4.13. The summed E-state index contributed by atoms with van der Waals surface area (Å²) in [6.45, 7) is 4.40. The van der Waals surface area contributed by atoms with E-state index in [0.29, 0.717) is 16.7 Å². The van der Waals surface area contributed by atoms with Crippen LogP contribution in [0.5, 0.6) is 5.75 Å². The Bertz CT molecular complexity index is 626. The van der Waals surface area contributed by atoms with E-state index in [1.165, 1.54) is 0 Å². The van der Waals surface area contributed by atoms with E-state index >= 15 is 0 Å². The zero-order valence-corrected chi connectivity index (χ0v) is 13.7. The topological polar surface area (TPSA) is 35.2 Å². The molecule has 2 nitrogen and oxygen atoms in total. The van der Waals surface area contributed by atoms with Gasteiger partial charge >= 0.3 is 0 Å². The number of hydrogen-bond donors (Lipinski definition) is 1. The molecular weight excluding hydrogens is 305 g/mol. The Morgan fingerprint density at radius 1 is 1.10 bits per heavy atom. The van der Waals surface area contributed by atoms with Crippen molar-refractivity contribution in [1.29, 1.82) is 0 Å². The first-order valence-corrected chi connectivity index (χ1v) is 7.64. The number of hydrogen-bond acceptors (Lipinski definition) is 2. The molecule has 21 heavy (non-hydrogen) atoms. The van der Waals surface area contributed by atoms with Crippen LogP contribution in [-0.4, -0.2) is 6.04 Å². The highest BCUT2D eigenvalue weighted by molar-refractivity contribution is 6.42. The molecule has 0 aliphatic rings. The first kappa shape index (κ1) is 16.2. The Balaban J connectivity index is 2.21. The summed E-state index contributed by atoms with van der Waals surface area (Å²) in [7, 11) is 0. The molecule has 0 bridgehead atoms. The van der Waals surface area contributed by atoms with E-state index in [9.17, 15) is 0 Å². The zero-order valence-electron chi connectivity index (χ0n) is 12.2. The fourth-order valence-corrected chi connectivity index (χ4v) is 2.61. The van der Waals surface area contributed by atoms with Gasteiger partial charge in [0.05, 0.1) is 10.0 Å². The lowest BCUT2D eigenvalue weighted by Crippen LogP contribution is -2.18. The van der Waals surface area contributed by atoms with Gasteiger partial charge in [-0.05, 0) is 37.5 Å². The summed E-state index contributed by atoms with van der Waals surface area (Å²) in [4.78, 5) is 0. The molecule has 0 radical (unpaired) electrons. The normalized spacial score (nSPS) is 12.2. The highest BCUT2D eigenvalue weighted by Crippen LogP contribution is 2.29. The lowest BCUT2D eigenvalue weighted by molar-refractivity contribution is 0.300. The van der Waals surface area contributed by atoms with Gasteiger partial charge in [0.15, 0.2) is 0 Å². The molecule has 2 N–H and O–H groups in total. The molecule has 0 aliphatic heterocycles. The van der Waals surface area contributed by atoms with E-state index in [2.05, 4.69) is 0 Å². The Labute approximate surface area is 135 Å². The third-order valence-electron chi connectivity index (χ3n) is 3.24. The number of nitrogens with two attached hydrogens (primary N) is 1. The summed E-state index contributed by atoms with van der Waals surface area (Å²) >= 11 is 12.2. The maximum atomic E-state index is 6.19. The fourth-order valence-electron chi connectivity index (χ4n) is 2.24. The average Bonchev–Trinajstić information content (AvgIpc) is 2.42. The molecule has 1 unspecified atom stereocenters. The van der Waals surface area contributed by atoms with Crippen molar-refractivity contribution in [3.05, 3.63) is 63.1 Å². The summed E-state index contributed by atoms with van der Waals surface area (Å²) in [5.41, 5.74) is 8.98. The second-order valence-corrected chi connectivity index (χ2v) is 6.03. The predicted octanol–water partition coefficient (Wildman–Crippen LogP) is 4.77. The van der Waals surface area contributed by atoms with Crippen LogP contribution in [-0.2, 0) is 13.0 Å². The number of halogens is 2. The largest absolute Gasteiger partial charge is 0.488 e. The maximum Gasteiger partial charge on any atom is 0.125 e. The number of aryl methyl sites for hydroxylation is 1. The summed E-state index contributed by atoms with van der Waals surface area (Å²) < 4.78 is 5.99. The summed E-state index contributed by atoms with van der Waals surface area (Å²) in [5, 5.41) is 1.08. The van der Waals surface area contributed by atoms with Crippen LogP contribution in [0.1, 0.15) is 23.6 Å². The third-order valence-corrected chi connectivity index (χ3v) is 4.10. The molecule has 0 amide bonds. The molecular formula is C17H19Cl2NO. The zero-order chi connectivity index (χ0) is 15.4. The number of benzene rings is 2. The first-order chi connectivity index (χ1) is 9.99. The van der Waals surface area contributed by atoms with Gasteiger partial charge in [0, 0.05) is 11.6 Å². The molecule has 0 aliphatic carbocycles. The fraction of sp³-hybridized carbons (Fsp3) is 0.294. The predicted molar refractivity (Wildman–Crippen MR) is 89.3 cm³/mol. The monoisotopic (exact) mass is 323 g/mol. The summed E-state index contributed by atoms with van der Waals surface area (Å²) in [6.07, 6.45) is 0.778. The van der Waals surface area contributed by atoms with Gasteiger partial charge in [-0.15, -0.1) is 0 Å². The van der Waals surface area contributed by atoms with Crippen molar-refractivity contribution in [1.82, 2.24) is 0 Å². The van der Waals surface area contributed by atoms with Gasteiger partial charge < -0.3 is 10.5 Å². The van der Waals surface area contributed by atoms with Gasteiger partial charge in [0.1, 0.15) is 12.4 Å². The number of rotatable bonds is 5. The van der Waals surface area contributed by atoms with Gasteiger partial charge in [-0.3, -0.25) is 0 Å². The average molecular weight is 324 g/mol. The molecule has 0 saturated heterocycles. The van der Waals surface area contributed by atoms with Crippen LogP contribution in [0.3, 0.4) is 0 Å². The van der Waals surface area contributed by atoms with Gasteiger partial charge in [-0.1, -0.05) is 53.5 Å². The molecule has 0 spiro atoms. The van der Waals surface area contributed by atoms with Gasteiger partial charge in [0.25, 0.3) is 0 Å². The molecule has 2 aromatic carbocycles. The smallest absolute Gasteiger partial charge is 0.125 e. The van der Waals surface area contributed by atoms with Crippen molar-refractivity contribution in [2.45, 2.75) is 32.9 Å². The van der Waals surface area contributed by atoms with Crippen molar-refractivity contribution in [2.24, 2.45) is 5.73 Å². The molecule has 0 heterocycles. The lowest BCUT2D eigenvalue weighted by Gasteiger charge is -2.16. The Morgan fingerprint density at radius 3 is 2.48 bits per heavy atom. The van der Waals surface area contributed by atoms with E-state index in [1.54, 1.807) is 6.07 Å². The highest BCUT2D eigenvalue weighted by Gasteiger charge is 2.11. The van der Waals surface area contributed by atoms with Gasteiger partial charge in [0.2, 0.25) is 0 Å². The Kier molecular flexibility index (Phi) is 5.51. The quantitative estimate of drug-likeness (QED) is 0.860. The lowest BCUT2D eigenvalue weighted by atomic mass is 10.0. The Morgan fingerprint density at radius 2 is 1.76 bits per heavy atom. The van der Waals surface area contributed by atoms with Crippen LogP contribution >= 0.6 is 23.2 Å². The van der Waals surface area contributed by atoms with E-state index in [0.717, 1.165) is 28.9 Å². The van der Waals surface area contributed by atoms with Crippen molar-refractivity contribution in [3.8, 4) is 5.75 Å². The van der Waals surface area contributed by atoms with Crippen molar-refractivity contribution < 1.29 is 4.74 Å². The molecule has 0 aromatic heterocycles. The molecule has 1 atom stereocenters. The van der Waals surface area contributed by atoms with E-state index in [1.807, 2.05) is 44.2 Å². The van der Waals surface area contributed by atoms with Gasteiger partial charge in [-0.2, -0.15) is 0 Å².